The number of pyridine rings is 1. The van der Waals surface area contributed by atoms with Crippen LogP contribution in [0.4, 0.5) is 16.2 Å². The molecule has 3 rings (SSSR count). The van der Waals surface area contributed by atoms with E-state index < -0.39 is 6.09 Å². The number of nitrogens with zero attached hydrogens (tertiary/aromatic N) is 2. The summed E-state index contributed by atoms with van der Waals surface area (Å²) >= 11 is 0. The van der Waals surface area contributed by atoms with Gasteiger partial charge in [-0.3, -0.25) is 14.7 Å². The van der Waals surface area contributed by atoms with Crippen molar-refractivity contribution in [2.45, 2.75) is 6.92 Å². The van der Waals surface area contributed by atoms with E-state index in [2.05, 4.69) is 15.0 Å². The van der Waals surface area contributed by atoms with Crippen molar-refractivity contribution in [3.8, 4) is 0 Å². The molecule has 1 aromatic heterocycles. The molecule has 0 aliphatic carbocycles. The molecule has 3 aromatic rings. The summed E-state index contributed by atoms with van der Waals surface area (Å²) in [5.41, 5.74) is 3.44. The van der Waals surface area contributed by atoms with Gasteiger partial charge in [0.1, 0.15) is 0 Å². The van der Waals surface area contributed by atoms with E-state index in [1.54, 1.807) is 37.4 Å². The Morgan fingerprint density at radius 1 is 1.08 bits per heavy atom. The predicted molar refractivity (Wildman–Crippen MR) is 102 cm³/mol. The van der Waals surface area contributed by atoms with Crippen LogP contribution in [0.15, 0.2) is 54.6 Å². The first kappa shape index (κ1) is 17.4. The van der Waals surface area contributed by atoms with E-state index in [1.165, 1.54) is 12.0 Å². The fraction of sp³-hybridized carbons (Fsp3) is 0.150. The molecule has 6 heteroatoms. The molecule has 0 aliphatic rings. The lowest BCUT2D eigenvalue weighted by atomic mass is 10.1. The summed E-state index contributed by atoms with van der Waals surface area (Å²) in [6.45, 7) is 1.86. The van der Waals surface area contributed by atoms with E-state index in [1.807, 2.05) is 31.2 Å². The monoisotopic (exact) mass is 349 g/mol. The highest BCUT2D eigenvalue weighted by Crippen LogP contribution is 2.21. The van der Waals surface area contributed by atoms with Gasteiger partial charge >= 0.3 is 6.09 Å². The summed E-state index contributed by atoms with van der Waals surface area (Å²) in [6, 6.07) is 16.3. The minimum Gasteiger partial charge on any atom is -0.452 e. The highest BCUT2D eigenvalue weighted by Gasteiger charge is 2.13. The number of aryl methyl sites for hydroxylation is 1. The van der Waals surface area contributed by atoms with Crippen LogP contribution >= 0.6 is 0 Å². The zero-order valence-corrected chi connectivity index (χ0v) is 14.8. The topological polar surface area (TPSA) is 71.5 Å². The summed E-state index contributed by atoms with van der Waals surface area (Å²) in [5, 5.41) is 3.69. The van der Waals surface area contributed by atoms with Gasteiger partial charge in [0.05, 0.1) is 18.2 Å². The molecule has 0 spiro atoms. The Morgan fingerprint density at radius 2 is 1.77 bits per heavy atom. The minimum absolute atomic E-state index is 0.208. The Labute approximate surface area is 151 Å². The second-order valence-corrected chi connectivity index (χ2v) is 5.86. The van der Waals surface area contributed by atoms with Gasteiger partial charge < -0.3 is 10.1 Å². The third-order valence-electron chi connectivity index (χ3n) is 4.05. The highest BCUT2D eigenvalue weighted by molar-refractivity contribution is 6.12. The molecule has 0 atom stereocenters. The van der Waals surface area contributed by atoms with Gasteiger partial charge in [-0.05, 0) is 43.3 Å². The molecule has 0 fully saturated rings. The summed E-state index contributed by atoms with van der Waals surface area (Å²) < 4.78 is 4.68. The van der Waals surface area contributed by atoms with Crippen molar-refractivity contribution in [3.63, 3.8) is 0 Å². The summed E-state index contributed by atoms with van der Waals surface area (Å²) in [6.07, 6.45) is -0.458. The first-order valence-corrected chi connectivity index (χ1v) is 8.09. The molecule has 0 aliphatic heterocycles. The van der Waals surface area contributed by atoms with Crippen molar-refractivity contribution in [3.05, 3.63) is 65.9 Å². The number of carbonyl (C=O) groups excluding carboxylic acids is 2. The van der Waals surface area contributed by atoms with Crippen molar-refractivity contribution < 1.29 is 14.3 Å². The van der Waals surface area contributed by atoms with Crippen molar-refractivity contribution >= 4 is 34.3 Å². The Morgan fingerprint density at radius 3 is 2.46 bits per heavy atom. The number of carbonyl (C=O) groups is 2. The van der Waals surface area contributed by atoms with Crippen molar-refractivity contribution in [1.29, 1.82) is 0 Å². The zero-order chi connectivity index (χ0) is 18.7. The van der Waals surface area contributed by atoms with Gasteiger partial charge in [0.2, 0.25) is 0 Å². The summed E-state index contributed by atoms with van der Waals surface area (Å²) in [7, 11) is 2.94. The normalized spacial score (nSPS) is 10.4. The second-order valence-electron chi connectivity index (χ2n) is 5.86. The average Bonchev–Trinajstić information content (AvgIpc) is 2.66. The Bertz CT molecular complexity index is 968. The second kappa shape index (κ2) is 7.23. The lowest BCUT2D eigenvalue weighted by Crippen LogP contribution is -2.25. The van der Waals surface area contributed by atoms with Gasteiger partial charge in [0.25, 0.3) is 5.91 Å². The number of anilines is 2. The van der Waals surface area contributed by atoms with Crippen LogP contribution in [-0.4, -0.2) is 31.1 Å². The van der Waals surface area contributed by atoms with Crippen LogP contribution in [0.5, 0.6) is 0 Å². The van der Waals surface area contributed by atoms with Crippen LogP contribution < -0.4 is 10.2 Å². The van der Waals surface area contributed by atoms with E-state index >= 15 is 0 Å². The van der Waals surface area contributed by atoms with Gasteiger partial charge in [-0.1, -0.05) is 18.2 Å². The van der Waals surface area contributed by atoms with Crippen molar-refractivity contribution in [2.75, 3.05) is 24.4 Å². The molecule has 0 saturated heterocycles. The number of hydrogen-bond acceptors (Lipinski definition) is 4. The quantitative estimate of drug-likeness (QED) is 0.776. The number of amides is 2. The number of benzene rings is 2. The summed E-state index contributed by atoms with van der Waals surface area (Å²) in [4.78, 5) is 30.1. The minimum atomic E-state index is -0.458. The molecule has 0 saturated carbocycles. The average molecular weight is 349 g/mol. The first-order valence-electron chi connectivity index (χ1n) is 8.09. The molecular weight excluding hydrogens is 330 g/mol. The van der Waals surface area contributed by atoms with Gasteiger partial charge in [0.15, 0.2) is 0 Å². The van der Waals surface area contributed by atoms with Crippen LogP contribution in [0.1, 0.15) is 16.1 Å². The largest absolute Gasteiger partial charge is 0.452 e. The SMILES string of the molecule is COC(=O)N(C)c1ccc(NC(=O)c2cc(C)nc3ccccc23)cc1. The van der Waals surface area contributed by atoms with E-state index in [9.17, 15) is 9.59 Å². The fourth-order valence-corrected chi connectivity index (χ4v) is 2.70. The molecule has 2 amide bonds. The van der Waals surface area contributed by atoms with Crippen LogP contribution in [0.2, 0.25) is 0 Å². The zero-order valence-electron chi connectivity index (χ0n) is 14.8. The van der Waals surface area contributed by atoms with Crippen LogP contribution in [0, 0.1) is 6.92 Å². The highest BCUT2D eigenvalue weighted by atomic mass is 16.5. The molecule has 1 heterocycles. The number of hydrogen-bond donors (Lipinski definition) is 1. The van der Waals surface area contributed by atoms with Gasteiger partial charge in [-0.2, -0.15) is 0 Å². The lowest BCUT2D eigenvalue weighted by molar-refractivity contribution is 0.102. The molecule has 0 unspecified atom stereocenters. The van der Waals surface area contributed by atoms with Crippen LogP contribution in [0.25, 0.3) is 10.9 Å². The molecule has 132 valence electrons. The van der Waals surface area contributed by atoms with E-state index in [0.717, 1.165) is 16.6 Å². The van der Waals surface area contributed by atoms with Gasteiger partial charge in [-0.25, -0.2) is 4.79 Å². The number of nitrogens with one attached hydrogen (secondary N) is 1. The molecule has 6 nitrogen and oxygen atoms in total. The fourth-order valence-electron chi connectivity index (χ4n) is 2.70. The Balaban J connectivity index is 1.84. The number of methoxy groups -OCH3 is 1. The number of rotatable bonds is 3. The van der Waals surface area contributed by atoms with Gasteiger partial charge in [-0.15, -0.1) is 0 Å². The van der Waals surface area contributed by atoms with Gasteiger partial charge in [0, 0.05) is 29.5 Å². The molecule has 1 N–H and O–H groups in total. The maximum absolute atomic E-state index is 12.7. The van der Waals surface area contributed by atoms with E-state index in [-0.39, 0.29) is 5.91 Å². The first-order chi connectivity index (χ1) is 12.5. The van der Waals surface area contributed by atoms with Crippen LogP contribution in [0.3, 0.4) is 0 Å². The standard InChI is InChI=1S/C20H19N3O3/c1-13-12-17(16-6-4-5-7-18(16)21-13)19(24)22-14-8-10-15(11-9-14)23(2)20(25)26-3/h4-12H,1-3H3,(H,22,24). The van der Waals surface area contributed by atoms with E-state index in [0.29, 0.717) is 16.9 Å². The van der Waals surface area contributed by atoms with E-state index in [4.69, 9.17) is 0 Å². The van der Waals surface area contributed by atoms with Crippen LogP contribution in [-0.2, 0) is 4.74 Å². The number of fused-ring (bicyclic) bond motifs is 1. The smallest absolute Gasteiger partial charge is 0.413 e. The third-order valence-corrected chi connectivity index (χ3v) is 4.05. The number of ether oxygens (including phenoxy) is 1. The molecule has 26 heavy (non-hydrogen) atoms. The Kier molecular flexibility index (Phi) is 4.84. The number of aromatic nitrogens is 1. The predicted octanol–water partition coefficient (Wildman–Crippen LogP) is 4.00. The number of para-hydroxylation sites is 1. The maximum Gasteiger partial charge on any atom is 0.413 e. The summed E-state index contributed by atoms with van der Waals surface area (Å²) in [5.74, 6) is -0.208. The molecule has 0 radical (unpaired) electrons. The lowest BCUT2D eigenvalue weighted by Gasteiger charge is -2.16. The molecular formula is C20H19N3O3. The van der Waals surface area contributed by atoms with Crippen molar-refractivity contribution in [2.24, 2.45) is 0 Å². The maximum atomic E-state index is 12.7. The molecule has 0 bridgehead atoms. The molecule has 2 aromatic carbocycles. The third kappa shape index (κ3) is 3.49. The Hall–Kier alpha value is -3.41. The van der Waals surface area contributed by atoms with Crippen molar-refractivity contribution in [1.82, 2.24) is 4.98 Å².